The Labute approximate surface area is 529 Å². The molecule has 502 valence electrons. The fourth-order valence-electron chi connectivity index (χ4n) is 9.97. The van der Waals surface area contributed by atoms with Crippen LogP contribution in [0.5, 0.6) is 0 Å². The summed E-state index contributed by atoms with van der Waals surface area (Å²) >= 11 is 0. The van der Waals surface area contributed by atoms with Gasteiger partial charge in [-0.15, -0.1) is 0 Å². The Bertz CT molecular complexity index is 2570. The molecule has 0 aliphatic carbocycles. The molecule has 2 aliphatic rings. The predicted octanol–water partition coefficient (Wildman–Crippen LogP) is 15.7. The minimum absolute atomic E-state index is 0.444. The Balaban J connectivity index is 1.67. The molecule has 0 aromatic rings. The number of aliphatic hydroxyl groups excluding tert-OH is 5. The Morgan fingerprint density at radius 3 is 1.07 bits per heavy atom. The van der Waals surface area contributed by atoms with Gasteiger partial charge < -0.3 is 54.3 Å². The highest BCUT2D eigenvalue weighted by molar-refractivity contribution is 7.61. The van der Waals surface area contributed by atoms with Gasteiger partial charge in [0.05, 0.1) is 19.3 Å². The van der Waals surface area contributed by atoms with Crippen molar-refractivity contribution in [2.45, 2.75) is 287 Å². The maximum Gasteiger partial charge on any atom is 0.483 e. The molecule has 88 heavy (non-hydrogen) atoms. The minimum Gasteiger partial charge on any atom is -0.457 e. The summed E-state index contributed by atoms with van der Waals surface area (Å²) in [4.78, 5) is 32.4. The van der Waals surface area contributed by atoms with Gasteiger partial charge in [0.25, 0.3) is 0 Å². The Hall–Kier alpha value is -3.45. The second-order valence-electron chi connectivity index (χ2n) is 24.5. The van der Waals surface area contributed by atoms with Crippen LogP contribution in [-0.4, -0.2) is 116 Å². The van der Waals surface area contributed by atoms with E-state index in [1.807, 2.05) is 6.92 Å². The van der Waals surface area contributed by atoms with Gasteiger partial charge in [-0.25, -0.2) is 9.13 Å². The van der Waals surface area contributed by atoms with E-state index in [-0.39, 0.29) is 0 Å². The van der Waals surface area contributed by atoms with Gasteiger partial charge in [-0.1, -0.05) is 128 Å². The number of phosphoric ester groups is 2. The van der Waals surface area contributed by atoms with Crippen molar-refractivity contribution >= 4 is 21.6 Å². The number of rotatable bonds is 41. The summed E-state index contributed by atoms with van der Waals surface area (Å²) in [5, 5.41) is 52.8. The van der Waals surface area contributed by atoms with Crippen LogP contribution in [-0.2, 0) is 46.2 Å². The molecule has 7 N–H and O–H groups in total. The van der Waals surface area contributed by atoms with Crippen molar-refractivity contribution < 1.29 is 81.5 Å². The second-order valence-corrected chi connectivity index (χ2v) is 27.5. The number of allylic oxidation sites excluding steroid dienone is 21. The molecule has 2 aliphatic heterocycles. The van der Waals surface area contributed by atoms with E-state index < -0.39 is 96.2 Å². The summed E-state index contributed by atoms with van der Waals surface area (Å²) in [6.45, 7) is 27.0. The first-order chi connectivity index (χ1) is 41.5. The molecule has 0 spiro atoms. The number of carbonyl (C=O) groups is 1. The average molecular weight is 1280 g/mol. The van der Waals surface area contributed by atoms with Crippen LogP contribution in [0.2, 0.25) is 0 Å². The summed E-state index contributed by atoms with van der Waals surface area (Å²) < 4.78 is 61.3. The number of ether oxygens (including phenoxy) is 4. The SMILES string of the molecule is C/C=C(/C)CC/C=C(/C)CC/C=C(/C)CC/C=C(/C)CC/C=C(/C)CC/C=C(/C)CC/C=C(/C)CC/C=C(/C)CC/C=C(\C)CC/C=C(\C)CC/C=C(\C)COP(=O)(O)OP(=O)(O)O[C@H]1O[C@H](CO)[C@@H](O)[C@H](O[C@@H]2O[C@@H](C)[C@@H](O)[C@@H](OC(C)=O)[C@@H]2O)[C@H]1O. The molecule has 0 bridgehead atoms. The highest BCUT2D eigenvalue weighted by atomic mass is 31.3. The van der Waals surface area contributed by atoms with Crippen molar-refractivity contribution in [3.63, 3.8) is 0 Å². The van der Waals surface area contributed by atoms with Crippen molar-refractivity contribution in [1.29, 1.82) is 0 Å². The first kappa shape index (κ1) is 80.6. The Kier molecular flexibility index (Phi) is 39.8. The molecular weight excluding hydrogens is 1160 g/mol. The van der Waals surface area contributed by atoms with Crippen LogP contribution in [0.1, 0.15) is 225 Å². The lowest BCUT2D eigenvalue weighted by atomic mass is 9.97. The van der Waals surface area contributed by atoms with E-state index in [0.717, 1.165) is 129 Å². The Morgan fingerprint density at radius 1 is 0.432 bits per heavy atom. The first-order valence-electron chi connectivity index (χ1n) is 31.8. The maximum absolute atomic E-state index is 13.0. The average Bonchev–Trinajstić information content (AvgIpc) is 2.72. The Morgan fingerprint density at radius 2 is 0.750 bits per heavy atom. The molecular formula is C69H114O17P2. The van der Waals surface area contributed by atoms with Crippen molar-refractivity contribution in [2.75, 3.05) is 13.2 Å². The van der Waals surface area contributed by atoms with Crippen LogP contribution in [0.4, 0.5) is 0 Å². The largest absolute Gasteiger partial charge is 0.483 e. The van der Waals surface area contributed by atoms with Gasteiger partial charge >= 0.3 is 21.6 Å². The van der Waals surface area contributed by atoms with Gasteiger partial charge in [-0.3, -0.25) is 13.8 Å². The predicted molar refractivity (Wildman–Crippen MR) is 352 cm³/mol. The lowest BCUT2D eigenvalue weighted by Crippen LogP contribution is -2.64. The number of hydrogen-bond donors (Lipinski definition) is 7. The summed E-state index contributed by atoms with van der Waals surface area (Å²) in [6.07, 6.45) is 28.9. The lowest BCUT2D eigenvalue weighted by molar-refractivity contribution is -0.350. The first-order valence-corrected chi connectivity index (χ1v) is 34.8. The highest BCUT2D eigenvalue weighted by Crippen LogP contribution is 2.61. The molecule has 2 unspecified atom stereocenters. The molecule has 0 saturated carbocycles. The lowest BCUT2D eigenvalue weighted by Gasteiger charge is -2.46. The monoisotopic (exact) mass is 1280 g/mol. The molecule has 0 radical (unpaired) electrons. The maximum atomic E-state index is 13.0. The fourth-order valence-corrected chi connectivity index (χ4v) is 12.2. The summed E-state index contributed by atoms with van der Waals surface area (Å²) in [5.41, 5.74) is 14.8. The number of aliphatic hydroxyl groups is 5. The van der Waals surface area contributed by atoms with E-state index in [0.29, 0.717) is 12.0 Å². The number of esters is 1. The van der Waals surface area contributed by atoms with Gasteiger partial charge in [0.15, 0.2) is 18.7 Å². The van der Waals surface area contributed by atoms with Crippen LogP contribution < -0.4 is 0 Å². The minimum atomic E-state index is -5.60. The van der Waals surface area contributed by atoms with E-state index in [4.69, 9.17) is 28.0 Å². The zero-order valence-electron chi connectivity index (χ0n) is 55.8. The van der Waals surface area contributed by atoms with Crippen LogP contribution in [0.15, 0.2) is 128 Å². The highest BCUT2D eigenvalue weighted by Gasteiger charge is 2.53. The molecule has 0 aromatic heterocycles. The van der Waals surface area contributed by atoms with E-state index in [1.54, 1.807) is 13.0 Å². The number of hydrogen-bond acceptors (Lipinski definition) is 15. The molecule has 19 heteroatoms. The molecule has 17 nitrogen and oxygen atoms in total. The van der Waals surface area contributed by atoms with E-state index in [2.05, 4.69) is 134 Å². The third-order valence-electron chi connectivity index (χ3n) is 15.9. The molecule has 12 atom stereocenters. The van der Waals surface area contributed by atoms with Gasteiger partial charge in [-0.05, 0) is 218 Å². The zero-order chi connectivity index (χ0) is 66.0. The van der Waals surface area contributed by atoms with E-state index in [9.17, 15) is 49.2 Å². The molecule has 0 amide bonds. The summed E-state index contributed by atoms with van der Waals surface area (Å²) in [5.74, 6) is -0.843. The van der Waals surface area contributed by atoms with Crippen molar-refractivity contribution in [2.24, 2.45) is 0 Å². The fraction of sp³-hybridized carbons (Fsp3) is 0.667. The van der Waals surface area contributed by atoms with E-state index >= 15 is 0 Å². The summed E-state index contributed by atoms with van der Waals surface area (Å²) in [7, 11) is -10.9. The molecule has 2 rings (SSSR count). The van der Waals surface area contributed by atoms with Crippen LogP contribution >= 0.6 is 15.6 Å². The van der Waals surface area contributed by atoms with Gasteiger partial charge in [0.2, 0.25) is 0 Å². The zero-order valence-corrected chi connectivity index (χ0v) is 57.6. The number of carbonyl (C=O) groups excluding carboxylic acids is 1. The standard InChI is InChI=1S/C69H114O17P2/c1-15-48(2)26-16-27-49(3)28-17-29-50(4)30-18-31-51(5)32-19-33-52(6)34-20-35-53(7)36-21-37-54(8)38-22-39-55(9)40-23-41-56(10)42-24-43-57(11)44-25-45-58(12)47-80-87(76,77)86-88(78,79)85-69-65(75)67(63(73)61(46-70)83-69)84-68-64(74)66(82-60(14)71)62(72)59(13)81-68/h15,27,29,31,33,35,37,39,41,43,45,59,61-70,72-75H,16-26,28,30,32,34,36,38,40,42,44,46-47H2,1-14H3,(H,76,77)(H,78,79)/b48-15-,49-27-,50-29-,51-31-,52-33-,53-35-,54-37-,55-39-,56-41+,57-43+,58-45+/t59-,61+,62+,63+,64-,65+,66+,67-,68-,69+/m0/s1. The van der Waals surface area contributed by atoms with E-state index in [1.165, 1.54) is 62.7 Å². The van der Waals surface area contributed by atoms with Crippen molar-refractivity contribution in [3.05, 3.63) is 128 Å². The molecule has 0 aromatic carbocycles. The van der Waals surface area contributed by atoms with Crippen LogP contribution in [0.3, 0.4) is 0 Å². The molecule has 2 saturated heterocycles. The smallest absolute Gasteiger partial charge is 0.457 e. The third kappa shape index (κ3) is 34.8. The van der Waals surface area contributed by atoms with Gasteiger partial charge in [-0.2, -0.15) is 4.31 Å². The van der Waals surface area contributed by atoms with Crippen molar-refractivity contribution in [3.8, 4) is 0 Å². The van der Waals surface area contributed by atoms with Crippen molar-refractivity contribution in [1.82, 2.24) is 0 Å². The van der Waals surface area contributed by atoms with Crippen LogP contribution in [0.25, 0.3) is 0 Å². The molecule has 2 fully saturated rings. The number of phosphoric acid groups is 2. The van der Waals surface area contributed by atoms with Gasteiger partial charge in [0.1, 0.15) is 36.6 Å². The molecule has 2 heterocycles. The third-order valence-corrected chi connectivity index (χ3v) is 18.5. The van der Waals surface area contributed by atoms with Crippen LogP contribution in [0, 0.1) is 0 Å². The summed E-state index contributed by atoms with van der Waals surface area (Å²) in [6, 6.07) is 0. The quantitative estimate of drug-likeness (QED) is 0.0171. The second kappa shape index (κ2) is 43.4. The topological polar surface area (TPSA) is 257 Å². The van der Waals surface area contributed by atoms with Gasteiger partial charge in [0, 0.05) is 6.92 Å². The normalized spacial score (nSPS) is 26.1.